The van der Waals surface area contributed by atoms with Gasteiger partial charge in [-0.25, -0.2) is 0 Å². The largest absolute Gasteiger partial charge is 0.543 e. The van der Waals surface area contributed by atoms with Crippen LogP contribution in [0.15, 0.2) is 23.8 Å². The quantitative estimate of drug-likeness (QED) is 0.148. The predicted molar refractivity (Wildman–Crippen MR) is 158 cm³/mol. The highest BCUT2D eigenvalue weighted by Gasteiger charge is 2.48. The van der Waals surface area contributed by atoms with Gasteiger partial charge in [-0.3, -0.25) is 10.1 Å². The maximum atomic E-state index is 12.7. The molecule has 0 aromatic heterocycles. The summed E-state index contributed by atoms with van der Waals surface area (Å²) in [5.41, 5.74) is 2.63. The first-order valence-electron chi connectivity index (χ1n) is 14.5. The molecule has 0 fully saturated rings. The minimum absolute atomic E-state index is 0.0109. The van der Waals surface area contributed by atoms with E-state index in [1.54, 1.807) is 6.19 Å². The van der Waals surface area contributed by atoms with Gasteiger partial charge in [0.25, 0.3) is 5.91 Å². The molecule has 1 aliphatic carbocycles. The molecule has 0 bridgehead atoms. The lowest BCUT2D eigenvalue weighted by Crippen LogP contribution is -2.47. The van der Waals surface area contributed by atoms with E-state index in [9.17, 15) is 4.79 Å². The summed E-state index contributed by atoms with van der Waals surface area (Å²) in [4.78, 5) is 12.7. The highest BCUT2D eigenvalue weighted by Crippen LogP contribution is 2.56. The number of unbranched alkanes of at least 4 members (excludes halogenated alkanes) is 3. The Morgan fingerprint density at radius 1 is 1.18 bits per heavy atom. The lowest BCUT2D eigenvalue weighted by molar-refractivity contribution is -0.117. The van der Waals surface area contributed by atoms with Gasteiger partial charge in [-0.15, -0.1) is 0 Å². The molecule has 0 radical (unpaired) electrons. The van der Waals surface area contributed by atoms with E-state index in [0.717, 1.165) is 29.9 Å². The molecule has 2 aliphatic rings. The minimum Gasteiger partial charge on any atom is -0.543 e. The van der Waals surface area contributed by atoms with Crippen LogP contribution in [0.25, 0.3) is 0 Å². The summed E-state index contributed by atoms with van der Waals surface area (Å²) in [6.07, 6.45) is 11.2. The Balaban J connectivity index is 2.15. The van der Waals surface area contributed by atoms with Gasteiger partial charge in [0.2, 0.25) is 8.32 Å². The summed E-state index contributed by atoms with van der Waals surface area (Å²) in [6, 6.07) is 4.53. The number of rotatable bonds is 9. The van der Waals surface area contributed by atoms with E-state index in [2.05, 4.69) is 85.9 Å². The number of amides is 1. The molecule has 0 saturated heterocycles. The van der Waals surface area contributed by atoms with Crippen LogP contribution in [0, 0.1) is 17.4 Å². The smallest absolute Gasteiger partial charge is 0.259 e. The van der Waals surface area contributed by atoms with E-state index in [0.29, 0.717) is 12.0 Å². The topological polar surface area (TPSA) is 71.3 Å². The second-order valence-corrected chi connectivity index (χ2v) is 18.8. The second-order valence-electron chi connectivity index (χ2n) is 14.1. The van der Waals surface area contributed by atoms with Crippen LogP contribution in [0.3, 0.4) is 0 Å². The molecule has 1 aromatic rings. The second kappa shape index (κ2) is 11.1. The third-order valence-corrected chi connectivity index (χ3v) is 13.7. The fourth-order valence-electron chi connectivity index (χ4n) is 5.74. The van der Waals surface area contributed by atoms with E-state index < -0.39 is 8.32 Å². The summed E-state index contributed by atoms with van der Waals surface area (Å²) in [5, 5.41) is 11.4. The number of nitrogens with one attached hydrogen (secondary N) is 1. The molecule has 1 amide bonds. The number of fused-ring (bicyclic) bond motifs is 3. The zero-order valence-electron chi connectivity index (χ0n) is 25.5. The van der Waals surface area contributed by atoms with Crippen molar-refractivity contribution in [2.24, 2.45) is 5.92 Å². The van der Waals surface area contributed by atoms with E-state index in [1.807, 2.05) is 6.08 Å². The van der Waals surface area contributed by atoms with Crippen molar-refractivity contribution in [2.45, 2.75) is 135 Å². The highest BCUT2D eigenvalue weighted by atomic mass is 28.4. The molecule has 38 heavy (non-hydrogen) atoms. The molecule has 1 heterocycles. The van der Waals surface area contributed by atoms with Gasteiger partial charge in [0.15, 0.2) is 6.19 Å². The Hall–Kier alpha value is -2.26. The molecule has 6 heteroatoms. The number of carbonyl (C=O) groups is 1. The third-order valence-electron chi connectivity index (χ3n) is 9.35. The lowest BCUT2D eigenvalue weighted by atomic mass is 9.66. The number of benzene rings is 1. The Kier molecular flexibility index (Phi) is 8.83. The molecule has 210 valence electrons. The van der Waals surface area contributed by atoms with Crippen molar-refractivity contribution in [3.8, 4) is 17.7 Å². The highest BCUT2D eigenvalue weighted by molar-refractivity contribution is 6.74. The monoisotopic (exact) mass is 538 g/mol. The third kappa shape index (κ3) is 6.30. The van der Waals surface area contributed by atoms with E-state index in [-0.39, 0.29) is 33.8 Å². The summed E-state index contributed by atoms with van der Waals surface area (Å²) < 4.78 is 13.9. The molecule has 1 aromatic carbocycles. The zero-order chi connectivity index (χ0) is 28.5. The lowest BCUT2D eigenvalue weighted by Gasteiger charge is -2.48. The van der Waals surface area contributed by atoms with Crippen molar-refractivity contribution in [1.82, 2.24) is 5.32 Å². The molecule has 0 unspecified atom stereocenters. The van der Waals surface area contributed by atoms with Gasteiger partial charge >= 0.3 is 0 Å². The fraction of sp³-hybridized carbons (Fsp3) is 0.688. The first kappa shape index (κ1) is 30.3. The molecule has 2 atom stereocenters. The molecular weight excluding hydrogens is 488 g/mol. The van der Waals surface area contributed by atoms with Gasteiger partial charge < -0.3 is 9.16 Å². The first-order chi connectivity index (χ1) is 17.5. The Labute approximate surface area is 232 Å². The maximum Gasteiger partial charge on any atom is 0.259 e. The number of allylic oxidation sites excluding steroid dienone is 1. The van der Waals surface area contributed by atoms with Gasteiger partial charge in [-0.05, 0) is 74.4 Å². The minimum atomic E-state index is -2.16. The van der Waals surface area contributed by atoms with Gasteiger partial charge in [0.1, 0.15) is 17.1 Å². The summed E-state index contributed by atoms with van der Waals surface area (Å²) in [6.45, 7) is 22.6. The Morgan fingerprint density at radius 3 is 2.47 bits per heavy atom. The van der Waals surface area contributed by atoms with Crippen LogP contribution < -0.4 is 14.5 Å². The average molecular weight is 539 g/mol. The molecular formula is C32H50N2O3Si. The maximum absolute atomic E-state index is 12.7. The summed E-state index contributed by atoms with van der Waals surface area (Å²) >= 11 is 0. The summed E-state index contributed by atoms with van der Waals surface area (Å²) in [5.74, 6) is 1.82. The Bertz CT molecular complexity index is 1100. The number of hydrogen-bond donors (Lipinski definition) is 1. The summed E-state index contributed by atoms with van der Waals surface area (Å²) in [7, 11) is -2.16. The van der Waals surface area contributed by atoms with Crippen molar-refractivity contribution >= 4 is 14.2 Å². The number of carbonyl (C=O) groups excluding carboxylic acids is 1. The van der Waals surface area contributed by atoms with Crippen LogP contribution in [0.5, 0.6) is 11.5 Å². The number of ether oxygens (including phenoxy) is 1. The van der Waals surface area contributed by atoms with Gasteiger partial charge in [-0.2, -0.15) is 5.26 Å². The molecule has 0 saturated carbocycles. The van der Waals surface area contributed by atoms with Crippen molar-refractivity contribution in [1.29, 1.82) is 5.26 Å². The van der Waals surface area contributed by atoms with Crippen molar-refractivity contribution < 1.29 is 14.0 Å². The van der Waals surface area contributed by atoms with Gasteiger partial charge in [0.05, 0.1) is 0 Å². The standard InChI is InChI=1S/C32H50N2O3Si/c1-11-12-13-14-17-31(5,6)23-19-26-28(27(20-23)37-38(9,10)30(2,3)4)24-18-22(29(35)34-21-33)15-16-25(24)32(7,8)36-26/h15,19-20,24-25H,11-14,16-18H2,1-10H3,(H,34,35)/t24-,25-/m1/s1. The van der Waals surface area contributed by atoms with Crippen LogP contribution in [-0.2, 0) is 10.2 Å². The fourth-order valence-corrected chi connectivity index (χ4v) is 6.76. The van der Waals surface area contributed by atoms with Crippen LogP contribution in [0.2, 0.25) is 18.1 Å². The predicted octanol–water partition coefficient (Wildman–Crippen LogP) is 8.51. The van der Waals surface area contributed by atoms with Crippen molar-refractivity contribution in [3.05, 3.63) is 34.9 Å². The number of nitrogens with zero attached hydrogens (tertiary/aromatic N) is 1. The van der Waals surface area contributed by atoms with Gasteiger partial charge in [-0.1, -0.05) is 73.3 Å². The van der Waals surface area contributed by atoms with Crippen LogP contribution in [0.4, 0.5) is 0 Å². The van der Waals surface area contributed by atoms with Crippen molar-refractivity contribution in [3.63, 3.8) is 0 Å². The molecule has 3 rings (SSSR count). The van der Waals surface area contributed by atoms with E-state index in [1.165, 1.54) is 31.2 Å². The number of nitriles is 1. The first-order valence-corrected chi connectivity index (χ1v) is 17.4. The molecule has 0 spiro atoms. The van der Waals surface area contributed by atoms with Crippen LogP contribution >= 0.6 is 0 Å². The zero-order valence-corrected chi connectivity index (χ0v) is 26.5. The van der Waals surface area contributed by atoms with Crippen LogP contribution in [-0.4, -0.2) is 19.8 Å². The van der Waals surface area contributed by atoms with Crippen molar-refractivity contribution in [2.75, 3.05) is 0 Å². The van der Waals surface area contributed by atoms with Crippen LogP contribution in [0.1, 0.15) is 117 Å². The van der Waals surface area contributed by atoms with E-state index >= 15 is 0 Å². The van der Waals surface area contributed by atoms with Gasteiger partial charge in [0, 0.05) is 23.0 Å². The van der Waals surface area contributed by atoms with E-state index in [4.69, 9.17) is 14.4 Å². The number of hydrogen-bond acceptors (Lipinski definition) is 4. The Morgan fingerprint density at radius 2 is 1.87 bits per heavy atom. The normalized spacial score (nSPS) is 20.8. The molecule has 1 aliphatic heterocycles. The average Bonchev–Trinajstić information content (AvgIpc) is 2.80. The molecule has 1 N–H and O–H groups in total. The SMILES string of the molecule is CCCCCCC(C)(C)c1cc2c(c(O[Si](C)(C)C(C)(C)C)c1)[C@@H]1CC(C(=O)NC#N)=CC[C@H]1C(C)(C)O2. The molecule has 5 nitrogen and oxygen atoms in total.